The highest BCUT2D eigenvalue weighted by Crippen LogP contribution is 2.24. The summed E-state index contributed by atoms with van der Waals surface area (Å²) in [6.07, 6.45) is 1.75. The first-order valence-electron chi connectivity index (χ1n) is 8.59. The predicted octanol–water partition coefficient (Wildman–Crippen LogP) is 4.70. The molecule has 0 bridgehead atoms. The number of benzene rings is 2. The van der Waals surface area contributed by atoms with Gasteiger partial charge in [-0.3, -0.25) is 9.78 Å². The zero-order valence-corrected chi connectivity index (χ0v) is 15.8. The number of carbonyl (C=O) groups excluding carboxylic acids is 1. The average molecular weight is 362 g/mol. The largest absolute Gasteiger partial charge is 0.343 e. The Hall–Kier alpha value is -2.59. The van der Waals surface area contributed by atoms with E-state index in [-0.39, 0.29) is 11.9 Å². The lowest BCUT2D eigenvalue weighted by Gasteiger charge is -2.19. The van der Waals surface area contributed by atoms with E-state index in [0.717, 1.165) is 16.2 Å². The SMILES string of the molecule is Cc1ccc(C)c(SCC(=O)NC(c2ccccc2)c2ccccn2)c1. The standard InChI is InChI=1S/C22H22N2OS/c1-16-11-12-17(2)20(14-16)26-15-21(25)24-22(18-8-4-3-5-9-18)19-10-6-7-13-23-19/h3-14,22H,15H2,1-2H3,(H,24,25). The second kappa shape index (κ2) is 8.68. The van der Waals surface area contributed by atoms with Crippen LogP contribution in [0.1, 0.15) is 28.4 Å². The summed E-state index contributed by atoms with van der Waals surface area (Å²) in [6, 6.07) is 21.8. The molecule has 3 nitrogen and oxygen atoms in total. The summed E-state index contributed by atoms with van der Waals surface area (Å²) >= 11 is 1.57. The van der Waals surface area contributed by atoms with Crippen LogP contribution in [0.15, 0.2) is 77.8 Å². The second-order valence-corrected chi connectivity index (χ2v) is 7.24. The number of pyridine rings is 1. The smallest absolute Gasteiger partial charge is 0.231 e. The van der Waals surface area contributed by atoms with Crippen LogP contribution in [0, 0.1) is 13.8 Å². The van der Waals surface area contributed by atoms with Gasteiger partial charge in [0.2, 0.25) is 5.91 Å². The molecule has 1 N–H and O–H groups in total. The van der Waals surface area contributed by atoms with Crippen molar-refractivity contribution in [2.24, 2.45) is 0 Å². The van der Waals surface area contributed by atoms with Crippen molar-refractivity contribution < 1.29 is 4.79 Å². The third-order valence-corrected chi connectivity index (χ3v) is 5.28. The van der Waals surface area contributed by atoms with Gasteiger partial charge < -0.3 is 5.32 Å². The van der Waals surface area contributed by atoms with E-state index in [9.17, 15) is 4.79 Å². The van der Waals surface area contributed by atoms with Crippen LogP contribution < -0.4 is 5.32 Å². The van der Waals surface area contributed by atoms with Gasteiger partial charge in [0.25, 0.3) is 0 Å². The maximum Gasteiger partial charge on any atom is 0.231 e. The Balaban J connectivity index is 1.72. The molecule has 0 radical (unpaired) electrons. The number of hydrogen-bond donors (Lipinski definition) is 1. The molecular weight excluding hydrogens is 340 g/mol. The number of carbonyl (C=O) groups is 1. The van der Waals surface area contributed by atoms with Gasteiger partial charge in [0.1, 0.15) is 0 Å². The zero-order valence-electron chi connectivity index (χ0n) is 15.0. The molecule has 1 aromatic heterocycles. The fourth-order valence-electron chi connectivity index (χ4n) is 2.73. The summed E-state index contributed by atoms with van der Waals surface area (Å²) in [5.74, 6) is 0.371. The topological polar surface area (TPSA) is 42.0 Å². The van der Waals surface area contributed by atoms with E-state index >= 15 is 0 Å². The third kappa shape index (κ3) is 4.73. The van der Waals surface area contributed by atoms with Crippen LogP contribution in [-0.2, 0) is 4.79 Å². The zero-order chi connectivity index (χ0) is 18.4. The lowest BCUT2D eigenvalue weighted by Crippen LogP contribution is -2.31. The molecule has 1 heterocycles. The fourth-order valence-corrected chi connectivity index (χ4v) is 3.66. The maximum absolute atomic E-state index is 12.6. The minimum Gasteiger partial charge on any atom is -0.343 e. The van der Waals surface area contributed by atoms with Crippen molar-refractivity contribution in [3.8, 4) is 0 Å². The first kappa shape index (κ1) is 18.2. The van der Waals surface area contributed by atoms with Crippen molar-refractivity contribution in [1.29, 1.82) is 0 Å². The van der Waals surface area contributed by atoms with Crippen molar-refractivity contribution in [1.82, 2.24) is 10.3 Å². The number of nitrogens with zero attached hydrogens (tertiary/aromatic N) is 1. The van der Waals surface area contributed by atoms with Gasteiger partial charge in [0.05, 0.1) is 17.5 Å². The normalized spacial score (nSPS) is 11.8. The molecule has 3 rings (SSSR count). The summed E-state index contributed by atoms with van der Waals surface area (Å²) in [6.45, 7) is 4.14. The van der Waals surface area contributed by atoms with E-state index < -0.39 is 0 Å². The summed E-state index contributed by atoms with van der Waals surface area (Å²) in [5.41, 5.74) is 4.26. The fraction of sp³-hybridized carbons (Fsp3) is 0.182. The van der Waals surface area contributed by atoms with E-state index in [4.69, 9.17) is 0 Å². The van der Waals surface area contributed by atoms with E-state index in [2.05, 4.69) is 42.3 Å². The lowest BCUT2D eigenvalue weighted by atomic mass is 10.0. The van der Waals surface area contributed by atoms with E-state index in [1.54, 1.807) is 18.0 Å². The molecule has 0 aliphatic heterocycles. The van der Waals surface area contributed by atoms with Gasteiger partial charge in [-0.15, -0.1) is 11.8 Å². The van der Waals surface area contributed by atoms with E-state index in [1.807, 2.05) is 48.5 Å². The summed E-state index contributed by atoms with van der Waals surface area (Å²) < 4.78 is 0. The van der Waals surface area contributed by atoms with Crippen molar-refractivity contribution in [2.45, 2.75) is 24.8 Å². The molecule has 0 aliphatic rings. The van der Waals surface area contributed by atoms with Crippen LogP contribution in [0.5, 0.6) is 0 Å². The van der Waals surface area contributed by atoms with Crippen LogP contribution in [0.2, 0.25) is 0 Å². The highest BCUT2D eigenvalue weighted by atomic mass is 32.2. The third-order valence-electron chi connectivity index (χ3n) is 4.12. The number of nitrogens with one attached hydrogen (secondary N) is 1. The lowest BCUT2D eigenvalue weighted by molar-refractivity contribution is -0.119. The van der Waals surface area contributed by atoms with E-state index in [0.29, 0.717) is 5.75 Å². The molecule has 2 aromatic carbocycles. The molecular formula is C22H22N2OS. The number of amides is 1. The molecule has 0 saturated carbocycles. The predicted molar refractivity (Wildman–Crippen MR) is 107 cm³/mol. The van der Waals surface area contributed by atoms with Gasteiger partial charge in [-0.05, 0) is 43.2 Å². The van der Waals surface area contributed by atoms with Gasteiger partial charge in [0.15, 0.2) is 0 Å². The van der Waals surface area contributed by atoms with Gasteiger partial charge in [-0.2, -0.15) is 0 Å². The highest BCUT2D eigenvalue weighted by molar-refractivity contribution is 8.00. The van der Waals surface area contributed by atoms with Crippen molar-refractivity contribution in [3.63, 3.8) is 0 Å². The molecule has 4 heteroatoms. The molecule has 1 amide bonds. The first-order valence-corrected chi connectivity index (χ1v) is 9.57. The summed E-state index contributed by atoms with van der Waals surface area (Å²) in [5, 5.41) is 3.13. The van der Waals surface area contributed by atoms with Gasteiger partial charge in [-0.1, -0.05) is 54.1 Å². The van der Waals surface area contributed by atoms with Crippen molar-refractivity contribution >= 4 is 17.7 Å². The van der Waals surface area contributed by atoms with Gasteiger partial charge in [0, 0.05) is 11.1 Å². The number of aromatic nitrogens is 1. The molecule has 3 aromatic rings. The second-order valence-electron chi connectivity index (χ2n) is 6.22. The van der Waals surface area contributed by atoms with Gasteiger partial charge >= 0.3 is 0 Å². The quantitative estimate of drug-likeness (QED) is 0.647. The minimum atomic E-state index is -0.246. The number of hydrogen-bond acceptors (Lipinski definition) is 3. The van der Waals surface area contributed by atoms with Crippen molar-refractivity contribution in [3.05, 3.63) is 95.3 Å². The summed E-state index contributed by atoms with van der Waals surface area (Å²) in [7, 11) is 0. The van der Waals surface area contributed by atoms with Crippen LogP contribution in [0.3, 0.4) is 0 Å². The first-order chi connectivity index (χ1) is 12.6. The molecule has 0 fully saturated rings. The highest BCUT2D eigenvalue weighted by Gasteiger charge is 2.18. The van der Waals surface area contributed by atoms with E-state index in [1.165, 1.54) is 11.1 Å². The Morgan fingerprint density at radius 2 is 1.81 bits per heavy atom. The Morgan fingerprint density at radius 1 is 1.04 bits per heavy atom. The number of rotatable bonds is 6. The Morgan fingerprint density at radius 3 is 2.54 bits per heavy atom. The molecule has 0 aliphatic carbocycles. The van der Waals surface area contributed by atoms with Crippen molar-refractivity contribution in [2.75, 3.05) is 5.75 Å². The van der Waals surface area contributed by atoms with Crippen LogP contribution in [-0.4, -0.2) is 16.6 Å². The summed E-state index contributed by atoms with van der Waals surface area (Å²) in [4.78, 5) is 18.2. The number of thioether (sulfide) groups is 1. The van der Waals surface area contributed by atoms with Gasteiger partial charge in [-0.25, -0.2) is 0 Å². The molecule has 132 valence electrons. The number of aryl methyl sites for hydroxylation is 2. The van der Waals surface area contributed by atoms with Crippen LogP contribution >= 0.6 is 11.8 Å². The Labute approximate surface area is 158 Å². The molecule has 1 unspecified atom stereocenters. The van der Waals surface area contributed by atoms with Crippen LogP contribution in [0.25, 0.3) is 0 Å². The molecule has 0 saturated heterocycles. The minimum absolute atomic E-state index is 0.00425. The molecule has 26 heavy (non-hydrogen) atoms. The molecule has 1 atom stereocenters. The monoisotopic (exact) mass is 362 g/mol. The molecule has 0 spiro atoms. The van der Waals surface area contributed by atoms with Crippen LogP contribution in [0.4, 0.5) is 0 Å². The average Bonchev–Trinajstić information content (AvgIpc) is 2.68. The maximum atomic E-state index is 12.6. The Bertz CT molecular complexity index is 826. The Kier molecular flexibility index (Phi) is 6.08.